The van der Waals surface area contributed by atoms with E-state index in [-0.39, 0.29) is 0 Å². The average Bonchev–Trinajstić information content (AvgIpc) is 2.43. The summed E-state index contributed by atoms with van der Waals surface area (Å²) in [7, 11) is 1.63. The summed E-state index contributed by atoms with van der Waals surface area (Å²) < 4.78 is 16.9. The van der Waals surface area contributed by atoms with Crippen molar-refractivity contribution >= 4 is 12.2 Å². The first-order valence-electron chi connectivity index (χ1n) is 8.05. The molecule has 1 aromatic carbocycles. The van der Waals surface area contributed by atoms with Gasteiger partial charge in [-0.05, 0) is 65.3 Å². The number of amides is 1. The van der Waals surface area contributed by atoms with Crippen molar-refractivity contribution in [1.82, 2.24) is 4.90 Å². The highest BCUT2D eigenvalue weighted by Gasteiger charge is 2.34. The Morgan fingerprint density at radius 1 is 1.08 bits per heavy atom. The van der Waals surface area contributed by atoms with Gasteiger partial charge in [0.05, 0.1) is 12.7 Å². The molecule has 1 aliphatic heterocycles. The van der Waals surface area contributed by atoms with Crippen LogP contribution < -0.4 is 4.74 Å². The van der Waals surface area contributed by atoms with Gasteiger partial charge in [-0.25, -0.2) is 4.79 Å². The number of carbonyl (C=O) groups is 1. The van der Waals surface area contributed by atoms with E-state index in [1.54, 1.807) is 13.3 Å². The van der Waals surface area contributed by atoms with E-state index in [0.29, 0.717) is 0 Å². The lowest BCUT2D eigenvalue weighted by atomic mass is 10.0. The highest BCUT2D eigenvalue weighted by atomic mass is 16.6. The molecule has 2 rings (SSSR count). The first-order chi connectivity index (χ1) is 11.0. The zero-order valence-electron chi connectivity index (χ0n) is 15.5. The van der Waals surface area contributed by atoms with Crippen LogP contribution in [0.5, 0.6) is 5.75 Å². The second kappa shape index (κ2) is 6.48. The molecule has 1 amide bonds. The van der Waals surface area contributed by atoms with E-state index < -0.39 is 23.5 Å². The molecular weight excluding hydrogens is 306 g/mol. The molecule has 0 fully saturated rings. The molecule has 0 N–H and O–H groups in total. The Kier molecular flexibility index (Phi) is 4.95. The lowest BCUT2D eigenvalue weighted by Crippen LogP contribution is -2.40. The third-order valence-corrected chi connectivity index (χ3v) is 3.30. The topological polar surface area (TPSA) is 48.0 Å². The van der Waals surface area contributed by atoms with Crippen molar-refractivity contribution in [1.29, 1.82) is 0 Å². The number of hydrogen-bond donors (Lipinski definition) is 0. The molecule has 0 aromatic heterocycles. The van der Waals surface area contributed by atoms with Crippen molar-refractivity contribution in [2.45, 2.75) is 59.0 Å². The van der Waals surface area contributed by atoms with Gasteiger partial charge in [-0.1, -0.05) is 6.07 Å². The normalized spacial score (nSPS) is 17.5. The maximum absolute atomic E-state index is 12.6. The van der Waals surface area contributed by atoms with Crippen molar-refractivity contribution < 1.29 is 19.0 Å². The number of methoxy groups -OCH3 is 1. The van der Waals surface area contributed by atoms with Crippen molar-refractivity contribution in [3.05, 3.63) is 35.5 Å². The summed E-state index contributed by atoms with van der Waals surface area (Å²) in [5.74, 6) is 0.763. The van der Waals surface area contributed by atoms with Gasteiger partial charge < -0.3 is 14.2 Å². The van der Waals surface area contributed by atoms with Crippen LogP contribution in [0.15, 0.2) is 24.4 Å². The van der Waals surface area contributed by atoms with Crippen molar-refractivity contribution in [3.8, 4) is 5.75 Å². The van der Waals surface area contributed by atoms with Crippen LogP contribution in [0.1, 0.15) is 58.9 Å². The van der Waals surface area contributed by atoms with Crippen LogP contribution >= 0.6 is 0 Å². The predicted octanol–water partition coefficient (Wildman–Crippen LogP) is 4.73. The molecule has 0 saturated heterocycles. The zero-order valence-corrected chi connectivity index (χ0v) is 15.5. The lowest BCUT2D eigenvalue weighted by Gasteiger charge is -2.37. The number of carbonyl (C=O) groups excluding carboxylic acids is 1. The Hall–Kier alpha value is -2.01. The van der Waals surface area contributed by atoms with Crippen LogP contribution in [0, 0.1) is 0 Å². The smallest absolute Gasteiger partial charge is 0.416 e. The average molecular weight is 333 g/mol. The zero-order chi connectivity index (χ0) is 18.1. The molecule has 1 aliphatic rings. The second-order valence-corrected chi connectivity index (χ2v) is 7.78. The number of benzene rings is 1. The fourth-order valence-electron chi connectivity index (χ4n) is 2.36. The summed E-state index contributed by atoms with van der Waals surface area (Å²) in [4.78, 5) is 14.1. The molecule has 5 nitrogen and oxygen atoms in total. The van der Waals surface area contributed by atoms with E-state index in [2.05, 4.69) is 0 Å². The third-order valence-electron chi connectivity index (χ3n) is 3.30. The van der Waals surface area contributed by atoms with Gasteiger partial charge in [0.15, 0.2) is 6.23 Å². The number of rotatable bonds is 2. The van der Waals surface area contributed by atoms with Crippen LogP contribution in [0.4, 0.5) is 4.79 Å². The molecule has 132 valence electrons. The molecular formula is C19H27NO4. The summed E-state index contributed by atoms with van der Waals surface area (Å²) in [6.07, 6.45) is 2.58. The Morgan fingerprint density at radius 3 is 2.29 bits per heavy atom. The van der Waals surface area contributed by atoms with Gasteiger partial charge in [-0.3, -0.25) is 4.90 Å². The van der Waals surface area contributed by atoms with Crippen LogP contribution in [0.3, 0.4) is 0 Å². The van der Waals surface area contributed by atoms with E-state index in [4.69, 9.17) is 14.2 Å². The quantitative estimate of drug-likeness (QED) is 0.785. The standard InChI is InChI=1S/C19H27NO4/c1-18(2,3)23-16-15-9-8-14(22-7)12-13(15)10-11-20(16)17(21)24-19(4,5)6/h8-12,16H,1-7H3. The Labute approximate surface area is 144 Å². The van der Waals surface area contributed by atoms with Crippen LogP contribution in [0.2, 0.25) is 0 Å². The fraction of sp³-hybridized carbons (Fsp3) is 0.526. The number of ether oxygens (including phenoxy) is 3. The van der Waals surface area contributed by atoms with Crippen molar-refractivity contribution in [2.75, 3.05) is 7.11 Å². The highest BCUT2D eigenvalue weighted by molar-refractivity contribution is 5.74. The highest BCUT2D eigenvalue weighted by Crippen LogP contribution is 2.36. The van der Waals surface area contributed by atoms with Gasteiger partial charge in [0.1, 0.15) is 11.4 Å². The predicted molar refractivity (Wildman–Crippen MR) is 93.7 cm³/mol. The number of hydrogen-bond acceptors (Lipinski definition) is 4. The molecule has 1 atom stereocenters. The van der Waals surface area contributed by atoms with Crippen molar-refractivity contribution in [2.24, 2.45) is 0 Å². The molecule has 1 unspecified atom stereocenters. The van der Waals surface area contributed by atoms with E-state index in [1.807, 2.05) is 65.8 Å². The maximum Gasteiger partial charge on any atom is 0.416 e. The van der Waals surface area contributed by atoms with E-state index in [0.717, 1.165) is 16.9 Å². The van der Waals surface area contributed by atoms with Gasteiger partial charge in [0.2, 0.25) is 0 Å². The Morgan fingerprint density at radius 2 is 1.75 bits per heavy atom. The molecule has 1 aromatic rings. The van der Waals surface area contributed by atoms with Crippen LogP contribution in [-0.4, -0.2) is 29.3 Å². The fourth-order valence-corrected chi connectivity index (χ4v) is 2.36. The third kappa shape index (κ3) is 4.51. The maximum atomic E-state index is 12.6. The number of fused-ring (bicyclic) bond motifs is 1. The van der Waals surface area contributed by atoms with Gasteiger partial charge >= 0.3 is 6.09 Å². The summed E-state index contributed by atoms with van der Waals surface area (Å²) in [5, 5.41) is 0. The molecule has 5 heteroatoms. The molecule has 0 radical (unpaired) electrons. The largest absolute Gasteiger partial charge is 0.497 e. The van der Waals surface area contributed by atoms with Crippen molar-refractivity contribution in [3.63, 3.8) is 0 Å². The van der Waals surface area contributed by atoms with Gasteiger partial charge in [-0.15, -0.1) is 0 Å². The van der Waals surface area contributed by atoms with E-state index in [1.165, 1.54) is 4.90 Å². The minimum Gasteiger partial charge on any atom is -0.497 e. The van der Waals surface area contributed by atoms with Gasteiger partial charge in [-0.2, -0.15) is 0 Å². The summed E-state index contributed by atoms with van der Waals surface area (Å²) >= 11 is 0. The first kappa shape index (κ1) is 18.3. The second-order valence-electron chi connectivity index (χ2n) is 7.78. The number of nitrogens with zero attached hydrogens (tertiary/aromatic N) is 1. The molecule has 0 aliphatic carbocycles. The van der Waals surface area contributed by atoms with E-state index in [9.17, 15) is 4.79 Å². The Balaban J connectivity index is 2.40. The van der Waals surface area contributed by atoms with Gasteiger partial charge in [0, 0.05) is 11.8 Å². The van der Waals surface area contributed by atoms with Crippen LogP contribution in [0.25, 0.3) is 6.08 Å². The summed E-state index contributed by atoms with van der Waals surface area (Å²) in [6, 6.07) is 5.72. The molecule has 1 heterocycles. The molecule has 0 spiro atoms. The Bertz CT molecular complexity index is 638. The molecule has 0 saturated carbocycles. The van der Waals surface area contributed by atoms with Gasteiger partial charge in [0.25, 0.3) is 0 Å². The molecule has 24 heavy (non-hydrogen) atoms. The summed E-state index contributed by atoms with van der Waals surface area (Å²) in [5.41, 5.74) is 0.868. The minimum atomic E-state index is -0.572. The minimum absolute atomic E-state index is 0.423. The SMILES string of the molecule is COc1ccc2c(c1)C=CN(C(=O)OC(C)(C)C)C2OC(C)(C)C. The first-order valence-corrected chi connectivity index (χ1v) is 8.05. The lowest BCUT2D eigenvalue weighted by molar-refractivity contribution is -0.120. The summed E-state index contributed by atoms with van der Waals surface area (Å²) in [6.45, 7) is 11.4. The molecule has 0 bridgehead atoms. The van der Waals surface area contributed by atoms with E-state index >= 15 is 0 Å². The van der Waals surface area contributed by atoms with Crippen LogP contribution in [-0.2, 0) is 9.47 Å². The monoisotopic (exact) mass is 333 g/mol.